The Labute approximate surface area is 140 Å². The van der Waals surface area contributed by atoms with Crippen LogP contribution in [0.4, 0.5) is 5.69 Å². The first-order valence-corrected chi connectivity index (χ1v) is 7.51. The normalized spacial score (nSPS) is 11.4. The molecule has 0 aromatic heterocycles. The van der Waals surface area contributed by atoms with Crippen molar-refractivity contribution in [2.45, 2.75) is 12.5 Å². The van der Waals surface area contributed by atoms with E-state index in [9.17, 15) is 14.7 Å². The van der Waals surface area contributed by atoms with Crippen LogP contribution in [-0.2, 0) is 16.0 Å². The Balaban J connectivity index is 1.94. The number of aliphatic hydroxyl groups excluding tert-OH is 1. The fourth-order valence-electron chi connectivity index (χ4n) is 2.15. The zero-order chi connectivity index (χ0) is 17.4. The predicted molar refractivity (Wildman–Crippen MR) is 90.8 cm³/mol. The number of hydrogen-bond donors (Lipinski definition) is 3. The number of amides is 2. The van der Waals surface area contributed by atoms with Gasteiger partial charge in [0, 0.05) is 11.8 Å². The predicted octanol–water partition coefficient (Wildman–Crippen LogP) is 1.35. The lowest BCUT2D eigenvalue weighted by molar-refractivity contribution is -0.126. The maximum atomic E-state index is 12.2. The first-order chi connectivity index (χ1) is 11.6. The van der Waals surface area contributed by atoms with Crippen LogP contribution in [0.25, 0.3) is 0 Å². The number of hydrogen-bond acceptors (Lipinski definition) is 4. The summed E-state index contributed by atoms with van der Waals surface area (Å²) in [4.78, 5) is 24.2. The molecular weight excluding hydrogens is 308 g/mol. The summed E-state index contributed by atoms with van der Waals surface area (Å²) in [6.07, 6.45) is 0.143. The van der Waals surface area contributed by atoms with Crippen molar-refractivity contribution in [2.75, 3.05) is 19.0 Å². The summed E-state index contributed by atoms with van der Waals surface area (Å²) in [5.41, 5.74) is 1.36. The quantitative estimate of drug-likeness (QED) is 0.716. The zero-order valence-corrected chi connectivity index (χ0v) is 13.4. The molecule has 0 aliphatic carbocycles. The van der Waals surface area contributed by atoms with Crippen LogP contribution < -0.4 is 15.4 Å². The summed E-state index contributed by atoms with van der Waals surface area (Å²) < 4.78 is 5.08. The van der Waals surface area contributed by atoms with E-state index < -0.39 is 18.6 Å². The molecule has 126 valence electrons. The number of methoxy groups -OCH3 is 1. The second-order valence-electron chi connectivity index (χ2n) is 5.19. The molecular formula is C18H20N2O4. The van der Waals surface area contributed by atoms with Gasteiger partial charge in [-0.1, -0.05) is 36.4 Å². The van der Waals surface area contributed by atoms with E-state index in [2.05, 4.69) is 10.6 Å². The maximum absolute atomic E-state index is 12.2. The Hall–Kier alpha value is -2.86. The fourth-order valence-corrected chi connectivity index (χ4v) is 2.15. The monoisotopic (exact) mass is 328 g/mol. The highest BCUT2D eigenvalue weighted by molar-refractivity contribution is 5.97. The van der Waals surface area contributed by atoms with Crippen LogP contribution in [0.15, 0.2) is 54.6 Å². The van der Waals surface area contributed by atoms with Gasteiger partial charge in [0.15, 0.2) is 0 Å². The molecule has 1 atom stereocenters. The first kappa shape index (κ1) is 17.5. The Morgan fingerprint density at radius 2 is 1.88 bits per heavy atom. The molecule has 0 aliphatic heterocycles. The number of ether oxygens (including phenoxy) is 1. The lowest BCUT2D eigenvalue weighted by Crippen LogP contribution is -2.46. The van der Waals surface area contributed by atoms with E-state index >= 15 is 0 Å². The van der Waals surface area contributed by atoms with Gasteiger partial charge in [0.1, 0.15) is 11.8 Å². The third-order valence-electron chi connectivity index (χ3n) is 3.38. The third-order valence-corrected chi connectivity index (χ3v) is 3.38. The number of benzene rings is 2. The molecule has 6 nitrogen and oxygen atoms in total. The number of rotatable bonds is 7. The standard InChI is InChI=1S/C18H20N2O4/c1-24-15-9-5-8-14(11-15)19-18(23)16(12-21)20-17(22)10-13-6-3-2-4-7-13/h2-9,11,16,21H,10,12H2,1H3,(H,19,23)(H,20,22)/t16-/m0/s1. The highest BCUT2D eigenvalue weighted by atomic mass is 16.5. The van der Waals surface area contributed by atoms with E-state index in [0.29, 0.717) is 11.4 Å². The van der Waals surface area contributed by atoms with Crippen LogP contribution in [0.2, 0.25) is 0 Å². The molecule has 2 aromatic carbocycles. The summed E-state index contributed by atoms with van der Waals surface area (Å²) in [6, 6.07) is 15.0. The average molecular weight is 328 g/mol. The van der Waals surface area contributed by atoms with Gasteiger partial charge in [-0.3, -0.25) is 9.59 Å². The van der Waals surface area contributed by atoms with Gasteiger partial charge in [-0.05, 0) is 17.7 Å². The third kappa shape index (κ3) is 5.10. The van der Waals surface area contributed by atoms with Gasteiger partial charge < -0.3 is 20.5 Å². The molecule has 6 heteroatoms. The maximum Gasteiger partial charge on any atom is 0.249 e. The molecule has 0 heterocycles. The summed E-state index contributed by atoms with van der Waals surface area (Å²) >= 11 is 0. The van der Waals surface area contributed by atoms with Gasteiger partial charge >= 0.3 is 0 Å². The van der Waals surface area contributed by atoms with Gasteiger partial charge in [0.05, 0.1) is 20.1 Å². The Bertz CT molecular complexity index is 688. The topological polar surface area (TPSA) is 87.7 Å². The SMILES string of the molecule is COc1cccc(NC(=O)[C@H](CO)NC(=O)Cc2ccccc2)c1. The molecule has 0 aliphatic rings. The van der Waals surface area contributed by atoms with Crippen molar-refractivity contribution in [3.8, 4) is 5.75 Å². The minimum absolute atomic E-state index is 0.143. The number of anilines is 1. The van der Waals surface area contributed by atoms with Crippen molar-refractivity contribution >= 4 is 17.5 Å². The summed E-state index contributed by atoms with van der Waals surface area (Å²) in [7, 11) is 1.53. The van der Waals surface area contributed by atoms with E-state index in [4.69, 9.17) is 4.74 Å². The van der Waals surface area contributed by atoms with Crippen LogP contribution in [-0.4, -0.2) is 36.7 Å². The molecule has 0 fully saturated rings. The van der Waals surface area contributed by atoms with Crippen molar-refractivity contribution < 1.29 is 19.4 Å². The van der Waals surface area contributed by atoms with Crippen molar-refractivity contribution in [2.24, 2.45) is 0 Å². The van der Waals surface area contributed by atoms with Gasteiger partial charge in [-0.2, -0.15) is 0 Å². The van der Waals surface area contributed by atoms with Gasteiger partial charge in [0.25, 0.3) is 0 Å². The molecule has 0 bridgehead atoms. The molecule has 0 radical (unpaired) electrons. The van der Waals surface area contributed by atoms with E-state index in [0.717, 1.165) is 5.56 Å². The fraction of sp³-hybridized carbons (Fsp3) is 0.222. The van der Waals surface area contributed by atoms with Crippen LogP contribution in [0.5, 0.6) is 5.75 Å². The summed E-state index contributed by atoms with van der Waals surface area (Å²) in [5.74, 6) is -0.227. The van der Waals surface area contributed by atoms with Crippen molar-refractivity contribution in [1.82, 2.24) is 5.32 Å². The highest BCUT2D eigenvalue weighted by Gasteiger charge is 2.20. The summed E-state index contributed by atoms with van der Waals surface area (Å²) in [5, 5.41) is 14.6. The number of carbonyl (C=O) groups excluding carboxylic acids is 2. The second-order valence-corrected chi connectivity index (χ2v) is 5.19. The smallest absolute Gasteiger partial charge is 0.249 e. The van der Waals surface area contributed by atoms with Crippen LogP contribution >= 0.6 is 0 Å². The van der Waals surface area contributed by atoms with Gasteiger partial charge in [0.2, 0.25) is 11.8 Å². The largest absolute Gasteiger partial charge is 0.497 e. The van der Waals surface area contributed by atoms with Crippen LogP contribution in [0, 0.1) is 0 Å². The minimum atomic E-state index is -1.02. The molecule has 2 rings (SSSR count). The Morgan fingerprint density at radius 3 is 2.54 bits per heavy atom. The van der Waals surface area contributed by atoms with Gasteiger partial charge in [-0.15, -0.1) is 0 Å². The van der Waals surface area contributed by atoms with Crippen molar-refractivity contribution in [1.29, 1.82) is 0 Å². The number of carbonyl (C=O) groups is 2. The first-order valence-electron chi connectivity index (χ1n) is 7.51. The Kier molecular flexibility index (Phi) is 6.33. The molecule has 0 unspecified atom stereocenters. The number of aliphatic hydroxyl groups is 1. The molecule has 3 N–H and O–H groups in total. The lowest BCUT2D eigenvalue weighted by atomic mass is 10.1. The molecule has 2 aromatic rings. The molecule has 0 saturated carbocycles. The van der Waals surface area contributed by atoms with E-state index in [1.807, 2.05) is 30.3 Å². The molecule has 2 amide bonds. The minimum Gasteiger partial charge on any atom is -0.497 e. The Morgan fingerprint density at radius 1 is 1.12 bits per heavy atom. The van der Waals surface area contributed by atoms with Crippen LogP contribution in [0.1, 0.15) is 5.56 Å². The zero-order valence-electron chi connectivity index (χ0n) is 13.4. The average Bonchev–Trinajstić information content (AvgIpc) is 2.60. The summed E-state index contributed by atoms with van der Waals surface area (Å²) in [6.45, 7) is -0.490. The number of nitrogens with one attached hydrogen (secondary N) is 2. The highest BCUT2D eigenvalue weighted by Crippen LogP contribution is 2.16. The molecule has 0 saturated heterocycles. The van der Waals surface area contributed by atoms with Crippen molar-refractivity contribution in [3.63, 3.8) is 0 Å². The second kappa shape index (κ2) is 8.69. The van der Waals surface area contributed by atoms with E-state index in [1.165, 1.54) is 7.11 Å². The van der Waals surface area contributed by atoms with Crippen LogP contribution in [0.3, 0.4) is 0 Å². The van der Waals surface area contributed by atoms with Crippen molar-refractivity contribution in [3.05, 3.63) is 60.2 Å². The van der Waals surface area contributed by atoms with E-state index in [1.54, 1.807) is 24.3 Å². The molecule has 24 heavy (non-hydrogen) atoms. The molecule has 0 spiro atoms. The van der Waals surface area contributed by atoms with Gasteiger partial charge in [-0.25, -0.2) is 0 Å². The van der Waals surface area contributed by atoms with E-state index in [-0.39, 0.29) is 12.3 Å². The lowest BCUT2D eigenvalue weighted by Gasteiger charge is -2.16.